The number of esters is 1. The summed E-state index contributed by atoms with van der Waals surface area (Å²) < 4.78 is 30.5. The molecule has 3 unspecified atom stereocenters. The zero-order valence-electron chi connectivity index (χ0n) is 44.6. The Morgan fingerprint density at radius 2 is 0.910 bits per heavy atom. The number of nitrogens with one attached hydrogen (secondary N) is 1. The van der Waals surface area contributed by atoms with Crippen LogP contribution in [0.3, 0.4) is 0 Å². The Labute approximate surface area is 414 Å². The zero-order chi connectivity index (χ0) is 49.4. The van der Waals surface area contributed by atoms with E-state index >= 15 is 0 Å². The Balaban J connectivity index is 5.42. The fourth-order valence-electron chi connectivity index (χ4n) is 7.87. The highest BCUT2D eigenvalue weighted by molar-refractivity contribution is 7.47. The van der Waals surface area contributed by atoms with Crippen LogP contribution in [0.1, 0.15) is 252 Å². The molecule has 9 nitrogen and oxygen atoms in total. The molecule has 392 valence electrons. The largest absolute Gasteiger partial charge is 0.472 e. The van der Waals surface area contributed by atoms with E-state index < -0.39 is 20.0 Å². The summed E-state index contributed by atoms with van der Waals surface area (Å²) in [6.07, 6.45) is 56.7. The van der Waals surface area contributed by atoms with Crippen molar-refractivity contribution in [2.75, 3.05) is 40.9 Å². The predicted molar refractivity (Wildman–Crippen MR) is 286 cm³/mol. The van der Waals surface area contributed by atoms with Crippen molar-refractivity contribution in [3.63, 3.8) is 0 Å². The van der Waals surface area contributed by atoms with Gasteiger partial charge in [0.1, 0.15) is 19.3 Å². The molecule has 0 heterocycles. The van der Waals surface area contributed by atoms with E-state index in [1.807, 2.05) is 33.3 Å². The number of quaternary nitrogens is 1. The first-order valence-corrected chi connectivity index (χ1v) is 29.5. The average Bonchev–Trinajstić information content (AvgIpc) is 3.28. The molecule has 0 saturated carbocycles. The van der Waals surface area contributed by atoms with Gasteiger partial charge in [-0.25, -0.2) is 4.57 Å². The highest BCUT2D eigenvalue weighted by atomic mass is 31.2. The average molecular weight is 964 g/mol. The molecule has 0 radical (unpaired) electrons. The monoisotopic (exact) mass is 964 g/mol. The number of allylic oxidation sites excluding steroid dienone is 7. The number of carbonyl (C=O) groups is 2. The number of phosphoric acid groups is 1. The standard InChI is InChI=1S/C57H107N2O7P/c1-7-10-13-16-19-22-25-28-30-32-35-38-41-44-47-50-57(61)66-55(48-45-42-39-36-33-27-24-21-18-15-12-9-3)54(53-65-67(62,63)64-52-51-59(4,5)6)58-56(60)49-46-43-40-37-34-31-29-26-23-20-17-14-11-8-2/h19,22,25,28,31,34,45,48,54-55H,7-18,20-21,23-24,26-27,29-30,32-33,35-44,46-47,49-53H2,1-6H3,(H-,58,60,62,63)/p+1/b22-19+,28-25+,34-31-,48-45+. The first-order valence-electron chi connectivity index (χ1n) is 28.0. The van der Waals surface area contributed by atoms with Crippen molar-refractivity contribution >= 4 is 19.7 Å². The molecule has 0 rings (SSSR count). The minimum atomic E-state index is -4.45. The number of ether oxygens (including phenoxy) is 1. The molecule has 10 heteroatoms. The van der Waals surface area contributed by atoms with Crippen LogP contribution in [0.2, 0.25) is 0 Å². The van der Waals surface area contributed by atoms with Gasteiger partial charge < -0.3 is 19.4 Å². The van der Waals surface area contributed by atoms with Crippen molar-refractivity contribution in [1.82, 2.24) is 5.32 Å². The lowest BCUT2D eigenvalue weighted by Crippen LogP contribution is -2.47. The van der Waals surface area contributed by atoms with Crippen LogP contribution in [0.5, 0.6) is 0 Å². The lowest BCUT2D eigenvalue weighted by Gasteiger charge is -2.27. The first kappa shape index (κ1) is 65.0. The summed E-state index contributed by atoms with van der Waals surface area (Å²) in [5, 5.41) is 3.03. The van der Waals surface area contributed by atoms with Crippen LogP contribution in [0.4, 0.5) is 0 Å². The molecule has 0 fully saturated rings. The molecule has 1 amide bonds. The van der Waals surface area contributed by atoms with Gasteiger partial charge in [0, 0.05) is 12.8 Å². The van der Waals surface area contributed by atoms with Crippen LogP contribution in [-0.2, 0) is 27.9 Å². The maximum atomic E-state index is 13.5. The number of nitrogens with zero attached hydrogens (tertiary/aromatic N) is 1. The second-order valence-corrected chi connectivity index (χ2v) is 21.6. The molecule has 2 N–H and O–H groups in total. The minimum absolute atomic E-state index is 0.0354. The molecular weight excluding hydrogens is 856 g/mol. The van der Waals surface area contributed by atoms with E-state index in [0.717, 1.165) is 89.9 Å². The van der Waals surface area contributed by atoms with Crippen LogP contribution >= 0.6 is 7.82 Å². The zero-order valence-corrected chi connectivity index (χ0v) is 45.5. The van der Waals surface area contributed by atoms with Crippen LogP contribution in [0.15, 0.2) is 48.6 Å². The summed E-state index contributed by atoms with van der Waals surface area (Å²) >= 11 is 0. The molecule has 0 bridgehead atoms. The third kappa shape index (κ3) is 48.8. The molecule has 0 saturated heterocycles. The van der Waals surface area contributed by atoms with E-state index in [0.29, 0.717) is 17.4 Å². The van der Waals surface area contributed by atoms with Crippen molar-refractivity contribution in [2.24, 2.45) is 0 Å². The Morgan fingerprint density at radius 1 is 0.522 bits per heavy atom. The second kappa shape index (κ2) is 47.6. The summed E-state index contributed by atoms with van der Waals surface area (Å²) in [5.41, 5.74) is 0. The van der Waals surface area contributed by atoms with Crippen LogP contribution < -0.4 is 5.32 Å². The highest BCUT2D eigenvalue weighted by Gasteiger charge is 2.30. The van der Waals surface area contributed by atoms with Gasteiger partial charge in [-0.15, -0.1) is 0 Å². The van der Waals surface area contributed by atoms with Crippen molar-refractivity contribution < 1.29 is 37.3 Å². The van der Waals surface area contributed by atoms with Gasteiger partial charge in [-0.05, 0) is 83.1 Å². The van der Waals surface area contributed by atoms with Gasteiger partial charge in [0.15, 0.2) is 0 Å². The molecule has 0 aromatic carbocycles. The molecule has 3 atom stereocenters. The number of hydrogen-bond acceptors (Lipinski definition) is 6. The third-order valence-electron chi connectivity index (χ3n) is 12.3. The van der Waals surface area contributed by atoms with Crippen LogP contribution in [-0.4, -0.2) is 74.3 Å². The molecular formula is C57H108N2O7P+. The fourth-order valence-corrected chi connectivity index (χ4v) is 8.60. The van der Waals surface area contributed by atoms with E-state index in [-0.39, 0.29) is 31.5 Å². The van der Waals surface area contributed by atoms with Crippen molar-refractivity contribution in [1.29, 1.82) is 0 Å². The maximum absolute atomic E-state index is 13.5. The minimum Gasteiger partial charge on any atom is -0.456 e. The molecule has 67 heavy (non-hydrogen) atoms. The van der Waals surface area contributed by atoms with Crippen molar-refractivity contribution in [3.05, 3.63) is 48.6 Å². The molecule has 0 spiro atoms. The van der Waals surface area contributed by atoms with Crippen molar-refractivity contribution in [3.8, 4) is 0 Å². The number of amides is 1. The molecule has 0 aliphatic heterocycles. The Kier molecular flexibility index (Phi) is 46.2. The van der Waals surface area contributed by atoms with E-state index in [9.17, 15) is 19.0 Å². The number of likely N-dealkylation sites (N-methyl/N-ethyl adjacent to an activating group) is 1. The van der Waals surface area contributed by atoms with E-state index in [1.165, 1.54) is 128 Å². The summed E-state index contributed by atoms with van der Waals surface area (Å²) in [5.74, 6) is -0.535. The van der Waals surface area contributed by atoms with Gasteiger partial charge >= 0.3 is 13.8 Å². The van der Waals surface area contributed by atoms with Crippen LogP contribution in [0, 0.1) is 0 Å². The third-order valence-corrected chi connectivity index (χ3v) is 13.3. The summed E-state index contributed by atoms with van der Waals surface area (Å²) in [4.78, 5) is 37.5. The predicted octanol–water partition coefficient (Wildman–Crippen LogP) is 16.6. The van der Waals surface area contributed by atoms with Gasteiger partial charge in [-0.3, -0.25) is 18.6 Å². The van der Waals surface area contributed by atoms with Gasteiger partial charge in [0.05, 0.1) is 33.8 Å². The number of carbonyl (C=O) groups excluding carboxylic acids is 2. The lowest BCUT2D eigenvalue weighted by molar-refractivity contribution is -0.870. The fraction of sp³-hybridized carbons (Fsp3) is 0.825. The molecule has 0 aliphatic rings. The van der Waals surface area contributed by atoms with Gasteiger partial charge in [-0.1, -0.05) is 205 Å². The van der Waals surface area contributed by atoms with E-state index in [2.05, 4.69) is 62.5 Å². The maximum Gasteiger partial charge on any atom is 0.472 e. The second-order valence-electron chi connectivity index (χ2n) is 20.1. The first-order chi connectivity index (χ1) is 32.4. The van der Waals surface area contributed by atoms with Gasteiger partial charge in [0.2, 0.25) is 5.91 Å². The van der Waals surface area contributed by atoms with E-state index in [1.54, 1.807) is 0 Å². The number of phosphoric ester groups is 1. The summed E-state index contributed by atoms with van der Waals surface area (Å²) in [6.45, 7) is 6.95. The van der Waals surface area contributed by atoms with Crippen molar-refractivity contribution in [2.45, 2.75) is 264 Å². The Morgan fingerprint density at radius 3 is 1.40 bits per heavy atom. The summed E-state index contributed by atoms with van der Waals surface area (Å²) in [6, 6.07) is -0.858. The number of unbranched alkanes of at least 4 members (excludes halogenated alkanes) is 29. The SMILES string of the molecule is CCCCC/C=C/C=C/CCCCCCCCC(=O)OC(/C=C/CCCCCCCCCCCC)C(COP(=O)(O)OCC[N+](C)(C)C)NC(=O)CCCCC/C=C\CCCCCCCCC. The topological polar surface area (TPSA) is 111 Å². The Bertz CT molecular complexity index is 1290. The smallest absolute Gasteiger partial charge is 0.456 e. The molecule has 0 aliphatic carbocycles. The normalized spacial score (nSPS) is 14.2. The van der Waals surface area contributed by atoms with Crippen LogP contribution in [0.25, 0.3) is 0 Å². The molecule has 0 aromatic rings. The Hall–Kier alpha value is -2.03. The highest BCUT2D eigenvalue weighted by Crippen LogP contribution is 2.43. The number of rotatable bonds is 50. The number of hydrogen-bond donors (Lipinski definition) is 2. The summed E-state index contributed by atoms with van der Waals surface area (Å²) in [7, 11) is 1.48. The quantitative estimate of drug-likeness (QED) is 0.0156. The van der Waals surface area contributed by atoms with E-state index in [4.69, 9.17) is 13.8 Å². The molecule has 0 aromatic heterocycles. The van der Waals surface area contributed by atoms with Gasteiger partial charge in [0.25, 0.3) is 0 Å². The van der Waals surface area contributed by atoms with Gasteiger partial charge in [-0.2, -0.15) is 0 Å². The lowest BCUT2D eigenvalue weighted by atomic mass is 10.0.